The second-order valence-corrected chi connectivity index (χ2v) is 11.6. The summed E-state index contributed by atoms with van der Waals surface area (Å²) in [7, 11) is 0. The van der Waals surface area contributed by atoms with Gasteiger partial charge >= 0.3 is 0 Å². The van der Waals surface area contributed by atoms with E-state index in [0.29, 0.717) is 6.42 Å². The van der Waals surface area contributed by atoms with Gasteiger partial charge in [0.1, 0.15) is 11.6 Å². The van der Waals surface area contributed by atoms with Crippen LogP contribution in [0.25, 0.3) is 11.6 Å². The Hall–Kier alpha value is -2.81. The van der Waals surface area contributed by atoms with Crippen LogP contribution in [0.1, 0.15) is 114 Å². The summed E-state index contributed by atoms with van der Waals surface area (Å²) in [6.45, 7) is 18.7. The molecule has 38 heavy (non-hydrogen) atoms. The van der Waals surface area contributed by atoms with Gasteiger partial charge in [0, 0.05) is 17.9 Å². The SMILES string of the molecule is CCCC(CC1CC(=O)c2c(C)cccc2/C1=C\c1c(C)c(C)c(C)c(C)c1C)C(CC)C(=O)CC(C)=O. The molecule has 0 fully saturated rings. The van der Waals surface area contributed by atoms with E-state index in [1.54, 1.807) is 0 Å². The molecule has 204 valence electrons. The molecule has 3 nitrogen and oxygen atoms in total. The third kappa shape index (κ3) is 5.92. The first-order valence-corrected chi connectivity index (χ1v) is 14.4. The van der Waals surface area contributed by atoms with Crippen LogP contribution in [0.5, 0.6) is 0 Å². The van der Waals surface area contributed by atoms with Crippen molar-refractivity contribution in [3.8, 4) is 0 Å². The average molecular weight is 515 g/mol. The number of allylic oxidation sites excluding steroid dienone is 1. The number of hydrogen-bond acceptors (Lipinski definition) is 3. The molecular formula is C35H46O3. The highest BCUT2D eigenvalue weighted by Gasteiger charge is 2.35. The maximum Gasteiger partial charge on any atom is 0.164 e. The Bertz CT molecular complexity index is 1250. The van der Waals surface area contributed by atoms with Crippen molar-refractivity contribution in [2.75, 3.05) is 0 Å². The summed E-state index contributed by atoms with van der Waals surface area (Å²) in [5.41, 5.74) is 11.9. The first-order chi connectivity index (χ1) is 17.9. The van der Waals surface area contributed by atoms with Crippen molar-refractivity contribution in [1.82, 2.24) is 0 Å². The van der Waals surface area contributed by atoms with Crippen LogP contribution in [0.4, 0.5) is 0 Å². The Kier molecular flexibility index (Phi) is 9.68. The topological polar surface area (TPSA) is 51.2 Å². The minimum absolute atomic E-state index is 0.00729. The lowest BCUT2D eigenvalue weighted by Crippen LogP contribution is -2.29. The van der Waals surface area contributed by atoms with E-state index in [9.17, 15) is 14.4 Å². The third-order valence-corrected chi connectivity index (χ3v) is 9.18. The Labute approximate surface area is 230 Å². The molecule has 1 aliphatic carbocycles. The van der Waals surface area contributed by atoms with Gasteiger partial charge in [-0.05, 0) is 130 Å². The minimum Gasteiger partial charge on any atom is -0.300 e. The van der Waals surface area contributed by atoms with Gasteiger partial charge in [0.05, 0.1) is 6.42 Å². The highest BCUT2D eigenvalue weighted by atomic mass is 16.1. The molecule has 0 spiro atoms. The van der Waals surface area contributed by atoms with Crippen molar-refractivity contribution in [3.05, 3.63) is 68.3 Å². The van der Waals surface area contributed by atoms with Crippen molar-refractivity contribution in [2.45, 2.75) is 101 Å². The van der Waals surface area contributed by atoms with Gasteiger partial charge < -0.3 is 0 Å². The van der Waals surface area contributed by atoms with Crippen LogP contribution < -0.4 is 0 Å². The first-order valence-electron chi connectivity index (χ1n) is 14.4. The summed E-state index contributed by atoms with van der Waals surface area (Å²) in [6, 6.07) is 6.18. The Balaban J connectivity index is 2.19. The molecule has 0 bridgehead atoms. The molecule has 2 aromatic rings. The number of hydrogen-bond donors (Lipinski definition) is 0. The quantitative estimate of drug-likeness (QED) is 0.298. The second kappa shape index (κ2) is 12.4. The summed E-state index contributed by atoms with van der Waals surface area (Å²) in [4.78, 5) is 38.4. The number of ketones is 3. The maximum atomic E-state index is 13.5. The van der Waals surface area contributed by atoms with Gasteiger partial charge in [0.25, 0.3) is 0 Å². The zero-order valence-corrected chi connectivity index (χ0v) is 25.0. The maximum absolute atomic E-state index is 13.5. The molecular weight excluding hydrogens is 468 g/mol. The number of benzene rings is 2. The molecule has 3 heteroatoms. The lowest BCUT2D eigenvalue weighted by molar-refractivity contribution is -0.129. The number of fused-ring (bicyclic) bond motifs is 1. The zero-order valence-electron chi connectivity index (χ0n) is 25.0. The predicted molar refractivity (Wildman–Crippen MR) is 159 cm³/mol. The number of Topliss-reactive ketones (excluding diaryl/α,β-unsaturated/α-hetero) is 3. The van der Waals surface area contributed by atoms with Crippen LogP contribution in [0.15, 0.2) is 18.2 Å². The van der Waals surface area contributed by atoms with Crippen molar-refractivity contribution >= 4 is 29.0 Å². The number of aryl methyl sites for hydroxylation is 1. The fourth-order valence-electron chi connectivity index (χ4n) is 6.66. The third-order valence-electron chi connectivity index (χ3n) is 9.18. The normalized spacial score (nSPS) is 17.9. The van der Waals surface area contributed by atoms with Crippen LogP contribution in [0.2, 0.25) is 0 Å². The van der Waals surface area contributed by atoms with Gasteiger partial charge in [-0.1, -0.05) is 44.5 Å². The van der Waals surface area contributed by atoms with Gasteiger partial charge in [-0.25, -0.2) is 0 Å². The van der Waals surface area contributed by atoms with Gasteiger partial charge in [0.2, 0.25) is 0 Å². The van der Waals surface area contributed by atoms with Crippen molar-refractivity contribution in [3.63, 3.8) is 0 Å². The molecule has 2 aromatic carbocycles. The number of carbonyl (C=O) groups is 3. The lowest BCUT2D eigenvalue weighted by atomic mass is 9.69. The summed E-state index contributed by atoms with van der Waals surface area (Å²) in [6.07, 6.45) is 6.21. The van der Waals surface area contributed by atoms with E-state index in [1.807, 2.05) is 13.0 Å². The highest BCUT2D eigenvalue weighted by Crippen LogP contribution is 2.44. The Morgan fingerprint density at radius 2 is 1.55 bits per heavy atom. The molecule has 3 atom stereocenters. The molecule has 1 aliphatic rings. The number of rotatable bonds is 10. The van der Waals surface area contributed by atoms with Crippen LogP contribution in [0, 0.1) is 59.3 Å². The molecule has 0 aromatic heterocycles. The van der Waals surface area contributed by atoms with E-state index >= 15 is 0 Å². The molecule has 0 amide bonds. The van der Waals surface area contributed by atoms with Gasteiger partial charge in [0.15, 0.2) is 5.78 Å². The standard InChI is InChI=1S/C35H46O3/c1-10-13-27(29(11-2)33(37)16-21(4)36)17-28-18-34(38)35-20(3)14-12-15-30(35)32(28)19-31-25(8)23(6)22(5)24(7)26(31)9/h12,14-15,19,27-29H,10-11,13,16-18H2,1-9H3/b32-19-. The first kappa shape index (κ1) is 29.7. The molecule has 0 saturated heterocycles. The second-order valence-electron chi connectivity index (χ2n) is 11.6. The molecule has 0 heterocycles. The van der Waals surface area contributed by atoms with Crippen LogP contribution in [-0.4, -0.2) is 17.3 Å². The Morgan fingerprint density at radius 3 is 2.11 bits per heavy atom. The predicted octanol–water partition coefficient (Wildman–Crippen LogP) is 8.66. The van der Waals surface area contributed by atoms with E-state index in [1.165, 1.54) is 45.9 Å². The number of carbonyl (C=O) groups excluding carboxylic acids is 3. The fraction of sp³-hybridized carbons (Fsp3) is 0.514. The molecule has 0 N–H and O–H groups in total. The van der Waals surface area contributed by atoms with E-state index < -0.39 is 0 Å². The summed E-state index contributed by atoms with van der Waals surface area (Å²) < 4.78 is 0. The van der Waals surface area contributed by atoms with Gasteiger partial charge in [-0.3, -0.25) is 14.4 Å². The summed E-state index contributed by atoms with van der Waals surface area (Å²) in [5, 5.41) is 0. The molecule has 0 aliphatic heterocycles. The van der Waals surface area contributed by atoms with Gasteiger partial charge in [-0.15, -0.1) is 0 Å². The van der Waals surface area contributed by atoms with E-state index in [2.05, 4.69) is 66.7 Å². The van der Waals surface area contributed by atoms with E-state index in [0.717, 1.165) is 42.4 Å². The Morgan fingerprint density at radius 1 is 0.947 bits per heavy atom. The summed E-state index contributed by atoms with van der Waals surface area (Å²) in [5.74, 6) is 0.211. The van der Waals surface area contributed by atoms with E-state index in [4.69, 9.17) is 0 Å². The lowest BCUT2D eigenvalue weighted by Gasteiger charge is -2.34. The van der Waals surface area contributed by atoms with Crippen molar-refractivity contribution < 1.29 is 14.4 Å². The molecule has 0 saturated carbocycles. The van der Waals surface area contributed by atoms with Crippen molar-refractivity contribution in [1.29, 1.82) is 0 Å². The van der Waals surface area contributed by atoms with Gasteiger partial charge in [-0.2, -0.15) is 0 Å². The average Bonchev–Trinajstić information content (AvgIpc) is 2.85. The molecule has 3 unspecified atom stereocenters. The van der Waals surface area contributed by atoms with Crippen molar-refractivity contribution in [2.24, 2.45) is 17.8 Å². The zero-order chi connectivity index (χ0) is 28.3. The molecule has 0 radical (unpaired) electrons. The molecule has 3 rings (SSSR count). The van der Waals surface area contributed by atoms with Crippen LogP contribution in [0.3, 0.4) is 0 Å². The highest BCUT2D eigenvalue weighted by molar-refractivity contribution is 6.08. The minimum atomic E-state index is -0.151. The fourth-order valence-corrected chi connectivity index (χ4v) is 6.66. The monoisotopic (exact) mass is 514 g/mol. The van der Waals surface area contributed by atoms with Crippen LogP contribution in [-0.2, 0) is 9.59 Å². The largest absolute Gasteiger partial charge is 0.300 e. The smallest absolute Gasteiger partial charge is 0.164 e. The van der Waals surface area contributed by atoms with E-state index in [-0.39, 0.29) is 41.5 Å². The summed E-state index contributed by atoms with van der Waals surface area (Å²) >= 11 is 0. The van der Waals surface area contributed by atoms with Crippen LogP contribution >= 0.6 is 0 Å².